The molecule has 1 aromatic heterocycles. The fraction of sp³-hybridized carbons (Fsp3) is 0.0952. The molecule has 0 radical (unpaired) electrons. The molecule has 30 heavy (non-hydrogen) atoms. The summed E-state index contributed by atoms with van der Waals surface area (Å²) >= 11 is 18.2. The van der Waals surface area contributed by atoms with Crippen LogP contribution in [0, 0.1) is 13.8 Å². The van der Waals surface area contributed by atoms with Gasteiger partial charge >= 0.3 is 11.8 Å². The van der Waals surface area contributed by atoms with Gasteiger partial charge in [0.25, 0.3) is 0 Å². The zero-order chi connectivity index (χ0) is 21.8. The molecular weight excluding hydrogens is 447 g/mol. The third-order valence-electron chi connectivity index (χ3n) is 4.28. The number of hydrazone groups is 1. The molecule has 6 nitrogen and oxygen atoms in total. The zero-order valence-corrected chi connectivity index (χ0v) is 18.3. The van der Waals surface area contributed by atoms with Crippen LogP contribution in [0.2, 0.25) is 15.1 Å². The largest absolute Gasteiger partial charge is 0.329 e. The normalized spacial score (nSPS) is 11.0. The molecule has 0 atom stereocenters. The Hall–Kier alpha value is -2.80. The van der Waals surface area contributed by atoms with Gasteiger partial charge in [-0.1, -0.05) is 40.9 Å². The van der Waals surface area contributed by atoms with Crippen LogP contribution in [0.25, 0.3) is 5.69 Å². The molecule has 154 valence electrons. The van der Waals surface area contributed by atoms with Crippen molar-refractivity contribution < 1.29 is 9.59 Å². The number of carbonyl (C=O) groups excluding carboxylic acids is 2. The Morgan fingerprint density at radius 2 is 1.70 bits per heavy atom. The van der Waals surface area contributed by atoms with Crippen molar-refractivity contribution in [2.24, 2.45) is 5.10 Å². The van der Waals surface area contributed by atoms with Crippen molar-refractivity contribution in [3.05, 3.63) is 80.6 Å². The summed E-state index contributed by atoms with van der Waals surface area (Å²) in [5, 5.41) is 7.84. The van der Waals surface area contributed by atoms with Gasteiger partial charge in [-0.05, 0) is 56.3 Å². The number of nitrogens with one attached hydrogen (secondary N) is 2. The number of rotatable bonds is 4. The maximum Gasteiger partial charge on any atom is 0.329 e. The molecule has 1 heterocycles. The Kier molecular flexibility index (Phi) is 6.82. The first-order chi connectivity index (χ1) is 14.3. The minimum atomic E-state index is -0.902. The number of aromatic nitrogens is 1. The highest BCUT2D eigenvalue weighted by Crippen LogP contribution is 2.28. The third-order valence-corrected chi connectivity index (χ3v) is 5.05. The Balaban J connectivity index is 1.70. The van der Waals surface area contributed by atoms with Crippen molar-refractivity contribution in [2.45, 2.75) is 13.8 Å². The molecule has 3 aromatic rings. The summed E-state index contributed by atoms with van der Waals surface area (Å²) in [6, 6.07) is 13.6. The molecule has 0 aliphatic carbocycles. The molecule has 0 fully saturated rings. The number of benzene rings is 2. The highest BCUT2D eigenvalue weighted by molar-refractivity contribution is 6.40. The highest BCUT2D eigenvalue weighted by Gasteiger charge is 2.14. The molecule has 9 heteroatoms. The van der Waals surface area contributed by atoms with Gasteiger partial charge in [-0.25, -0.2) is 5.43 Å². The van der Waals surface area contributed by atoms with E-state index < -0.39 is 11.8 Å². The van der Waals surface area contributed by atoms with Crippen LogP contribution < -0.4 is 10.7 Å². The second kappa shape index (κ2) is 9.34. The molecule has 0 aliphatic heterocycles. The SMILES string of the molecule is Cc1cc(C=NNC(=O)C(=O)Nc2cccc(Cl)c2)c(C)n1-c1ccc(Cl)cc1Cl. The van der Waals surface area contributed by atoms with E-state index in [1.54, 1.807) is 30.3 Å². The third kappa shape index (κ3) is 5.02. The number of carbonyl (C=O) groups is 2. The summed E-state index contributed by atoms with van der Waals surface area (Å²) in [6.07, 6.45) is 1.47. The van der Waals surface area contributed by atoms with E-state index in [4.69, 9.17) is 34.8 Å². The second-order valence-electron chi connectivity index (χ2n) is 6.42. The molecule has 2 aromatic carbocycles. The lowest BCUT2D eigenvalue weighted by Crippen LogP contribution is -2.32. The average Bonchev–Trinajstić information content (AvgIpc) is 2.95. The number of nitrogens with zero attached hydrogens (tertiary/aromatic N) is 2. The predicted molar refractivity (Wildman–Crippen MR) is 121 cm³/mol. The maximum absolute atomic E-state index is 12.0. The molecule has 0 unspecified atom stereocenters. The first-order valence-electron chi connectivity index (χ1n) is 8.80. The molecule has 0 saturated carbocycles. The van der Waals surface area contributed by atoms with Gasteiger partial charge in [0.2, 0.25) is 0 Å². The average molecular weight is 464 g/mol. The number of amides is 2. The van der Waals surface area contributed by atoms with Crippen LogP contribution in [0.15, 0.2) is 53.6 Å². The highest BCUT2D eigenvalue weighted by atomic mass is 35.5. The first kappa shape index (κ1) is 21.9. The predicted octanol–water partition coefficient (Wildman–Crippen LogP) is 5.14. The van der Waals surface area contributed by atoms with Gasteiger partial charge in [0.05, 0.1) is 16.9 Å². The van der Waals surface area contributed by atoms with Gasteiger partial charge in [0, 0.05) is 32.7 Å². The molecule has 0 spiro atoms. The smallest absolute Gasteiger partial charge is 0.318 e. The van der Waals surface area contributed by atoms with E-state index in [0.717, 1.165) is 22.6 Å². The molecule has 0 saturated heterocycles. The second-order valence-corrected chi connectivity index (χ2v) is 7.70. The summed E-state index contributed by atoms with van der Waals surface area (Å²) in [5.74, 6) is -1.76. The molecule has 2 N–H and O–H groups in total. The topological polar surface area (TPSA) is 75.5 Å². The number of hydrogen-bond acceptors (Lipinski definition) is 3. The molecule has 2 amide bonds. The van der Waals surface area contributed by atoms with E-state index >= 15 is 0 Å². The number of aryl methyl sites for hydroxylation is 1. The van der Waals surface area contributed by atoms with Gasteiger partial charge < -0.3 is 9.88 Å². The van der Waals surface area contributed by atoms with Crippen molar-refractivity contribution >= 4 is 58.5 Å². The fourth-order valence-corrected chi connectivity index (χ4v) is 3.60. The summed E-state index contributed by atoms with van der Waals surface area (Å²) in [7, 11) is 0. The van der Waals surface area contributed by atoms with Gasteiger partial charge in [-0.15, -0.1) is 0 Å². The van der Waals surface area contributed by atoms with Crippen molar-refractivity contribution in [3.8, 4) is 5.69 Å². The lowest BCUT2D eigenvalue weighted by atomic mass is 10.2. The number of hydrogen-bond donors (Lipinski definition) is 2. The van der Waals surface area contributed by atoms with Crippen molar-refractivity contribution in [1.29, 1.82) is 0 Å². The van der Waals surface area contributed by atoms with Gasteiger partial charge in [0.15, 0.2) is 0 Å². The first-order valence-corrected chi connectivity index (χ1v) is 9.94. The van der Waals surface area contributed by atoms with E-state index in [9.17, 15) is 9.59 Å². The zero-order valence-electron chi connectivity index (χ0n) is 16.0. The van der Waals surface area contributed by atoms with Crippen molar-refractivity contribution in [1.82, 2.24) is 9.99 Å². The van der Waals surface area contributed by atoms with Crippen LogP contribution in [0.5, 0.6) is 0 Å². The van der Waals surface area contributed by atoms with Crippen LogP contribution >= 0.6 is 34.8 Å². The molecular formula is C21H17Cl3N4O2. The van der Waals surface area contributed by atoms with E-state index in [-0.39, 0.29) is 0 Å². The summed E-state index contributed by atoms with van der Waals surface area (Å²) in [5.41, 5.74) is 5.94. The van der Waals surface area contributed by atoms with Gasteiger partial charge in [0.1, 0.15) is 0 Å². The van der Waals surface area contributed by atoms with E-state index in [1.807, 2.05) is 30.5 Å². The maximum atomic E-state index is 12.0. The van der Waals surface area contributed by atoms with Gasteiger partial charge in [-0.3, -0.25) is 9.59 Å². The van der Waals surface area contributed by atoms with Crippen molar-refractivity contribution in [3.63, 3.8) is 0 Å². The molecule has 3 rings (SSSR count). The standard InChI is InChI=1S/C21H17Cl3N4O2/c1-12-8-14(13(2)28(12)19-7-6-16(23)10-18(19)24)11-25-27-21(30)20(29)26-17-5-3-4-15(22)9-17/h3-11H,1-2H3,(H,26,29)(H,27,30). The Morgan fingerprint density at radius 1 is 0.967 bits per heavy atom. The van der Waals surface area contributed by atoms with Crippen molar-refractivity contribution in [2.75, 3.05) is 5.32 Å². The lowest BCUT2D eigenvalue weighted by molar-refractivity contribution is -0.136. The van der Waals surface area contributed by atoms with Crippen LogP contribution in [0.4, 0.5) is 5.69 Å². The number of halogens is 3. The fourth-order valence-electron chi connectivity index (χ4n) is 2.92. The minimum Gasteiger partial charge on any atom is -0.318 e. The Labute approximate surface area is 188 Å². The van der Waals surface area contributed by atoms with Crippen LogP contribution in [-0.2, 0) is 9.59 Å². The summed E-state index contributed by atoms with van der Waals surface area (Å²) in [4.78, 5) is 23.9. The Bertz CT molecular complexity index is 1160. The molecule has 0 bridgehead atoms. The Morgan fingerprint density at radius 3 is 2.40 bits per heavy atom. The quantitative estimate of drug-likeness (QED) is 0.319. The monoisotopic (exact) mass is 462 g/mol. The number of anilines is 1. The van der Waals surface area contributed by atoms with Crippen LogP contribution in [0.1, 0.15) is 17.0 Å². The van der Waals surface area contributed by atoms with E-state index in [2.05, 4.69) is 15.8 Å². The van der Waals surface area contributed by atoms with Crippen LogP contribution in [-0.4, -0.2) is 22.6 Å². The van der Waals surface area contributed by atoms with E-state index in [0.29, 0.717) is 20.8 Å². The summed E-state index contributed by atoms with van der Waals surface area (Å²) in [6.45, 7) is 3.82. The summed E-state index contributed by atoms with van der Waals surface area (Å²) < 4.78 is 1.95. The van der Waals surface area contributed by atoms with Crippen LogP contribution in [0.3, 0.4) is 0 Å². The lowest BCUT2D eigenvalue weighted by Gasteiger charge is -2.11. The molecule has 0 aliphatic rings. The minimum absolute atomic E-state index is 0.412. The van der Waals surface area contributed by atoms with E-state index in [1.165, 1.54) is 12.3 Å². The van der Waals surface area contributed by atoms with Gasteiger partial charge in [-0.2, -0.15) is 5.10 Å².